The quantitative estimate of drug-likeness (QED) is 0.615. The summed E-state index contributed by atoms with van der Waals surface area (Å²) in [6, 6.07) is 12.7. The molecule has 0 aliphatic carbocycles. The van der Waals surface area contributed by atoms with Crippen LogP contribution in [0.25, 0.3) is 11.4 Å². The zero-order valence-corrected chi connectivity index (χ0v) is 12.7. The van der Waals surface area contributed by atoms with E-state index in [0.29, 0.717) is 17.4 Å². The van der Waals surface area contributed by atoms with Crippen molar-refractivity contribution in [2.45, 2.75) is 12.8 Å². The molecule has 2 heterocycles. The molecule has 3 aromatic rings. The number of benzene rings is 1. The number of carbonyl (C=O) groups excluding carboxylic acids is 2. The Hall–Kier alpha value is -3.42. The van der Waals surface area contributed by atoms with E-state index in [1.54, 1.807) is 18.3 Å². The maximum Gasteiger partial charge on any atom is 0.286 e. The molecule has 24 heavy (non-hydrogen) atoms. The molecule has 0 spiro atoms. The van der Waals surface area contributed by atoms with Crippen LogP contribution >= 0.6 is 0 Å². The molecule has 0 aliphatic rings. The van der Waals surface area contributed by atoms with Gasteiger partial charge in [0.1, 0.15) is 5.69 Å². The van der Waals surface area contributed by atoms with Gasteiger partial charge in [-0.25, -0.2) is 0 Å². The predicted molar refractivity (Wildman–Crippen MR) is 84.5 cm³/mol. The molecule has 8 nitrogen and oxygen atoms in total. The maximum atomic E-state index is 11.7. The number of nitrogens with zero attached hydrogens (tertiary/aromatic N) is 2. The largest absolute Gasteiger partial charge is 0.357 e. The van der Waals surface area contributed by atoms with Crippen LogP contribution in [0.3, 0.4) is 0 Å². The summed E-state index contributed by atoms with van der Waals surface area (Å²) in [6.07, 6.45) is 2.02. The monoisotopic (exact) mass is 325 g/mol. The van der Waals surface area contributed by atoms with E-state index in [-0.39, 0.29) is 18.7 Å². The minimum atomic E-state index is -0.419. The van der Waals surface area contributed by atoms with Crippen LogP contribution < -0.4 is 10.9 Å². The Balaban J connectivity index is 1.46. The van der Waals surface area contributed by atoms with E-state index in [4.69, 9.17) is 4.52 Å². The van der Waals surface area contributed by atoms with E-state index >= 15 is 0 Å². The second-order valence-electron chi connectivity index (χ2n) is 4.96. The number of hydrazine groups is 1. The first-order chi connectivity index (χ1) is 11.7. The van der Waals surface area contributed by atoms with Gasteiger partial charge in [0.05, 0.1) is 0 Å². The van der Waals surface area contributed by atoms with Gasteiger partial charge in [-0.15, -0.1) is 0 Å². The van der Waals surface area contributed by atoms with Gasteiger partial charge >= 0.3 is 0 Å². The van der Waals surface area contributed by atoms with Crippen molar-refractivity contribution < 1.29 is 14.1 Å². The second kappa shape index (κ2) is 7.23. The smallest absolute Gasteiger partial charge is 0.286 e. The topological polar surface area (TPSA) is 113 Å². The minimum absolute atomic E-state index is 0.113. The molecule has 0 bridgehead atoms. The normalized spacial score (nSPS) is 10.3. The fourth-order valence-electron chi connectivity index (χ4n) is 2.01. The first-order valence-electron chi connectivity index (χ1n) is 7.33. The van der Waals surface area contributed by atoms with E-state index in [9.17, 15) is 9.59 Å². The number of hydrogen-bond acceptors (Lipinski definition) is 5. The Kier molecular flexibility index (Phi) is 4.66. The summed E-state index contributed by atoms with van der Waals surface area (Å²) in [5.74, 6) is 0.0672. The lowest BCUT2D eigenvalue weighted by Gasteiger charge is -2.05. The number of aromatic amines is 1. The average molecular weight is 325 g/mol. The summed E-state index contributed by atoms with van der Waals surface area (Å²) in [5.41, 5.74) is 5.85. The lowest BCUT2D eigenvalue weighted by Crippen LogP contribution is -2.41. The molecule has 0 unspecified atom stereocenters. The zero-order valence-electron chi connectivity index (χ0n) is 12.7. The number of aryl methyl sites for hydroxylation is 1. The molecule has 0 radical (unpaired) electrons. The van der Waals surface area contributed by atoms with Gasteiger partial charge in [-0.05, 0) is 12.1 Å². The number of rotatable bonds is 5. The van der Waals surface area contributed by atoms with Gasteiger partial charge in [0, 0.05) is 24.6 Å². The second-order valence-corrected chi connectivity index (χ2v) is 4.96. The van der Waals surface area contributed by atoms with Crippen LogP contribution in [-0.4, -0.2) is 26.9 Å². The van der Waals surface area contributed by atoms with Gasteiger partial charge in [0.15, 0.2) is 0 Å². The van der Waals surface area contributed by atoms with Gasteiger partial charge < -0.3 is 9.51 Å². The molecular formula is C16H15N5O3. The minimum Gasteiger partial charge on any atom is -0.357 e. The van der Waals surface area contributed by atoms with Gasteiger partial charge in [-0.1, -0.05) is 35.5 Å². The standard InChI is InChI=1S/C16H15N5O3/c22-13(19-20-16(23)12-7-4-10-17-12)8-9-14-18-15(21-24-14)11-5-2-1-3-6-11/h1-7,10,17H,8-9H2,(H,19,22)(H,20,23). The molecule has 2 amide bonds. The van der Waals surface area contributed by atoms with Crippen LogP contribution in [0.4, 0.5) is 0 Å². The van der Waals surface area contributed by atoms with Crippen molar-refractivity contribution in [2.75, 3.05) is 0 Å². The third-order valence-electron chi connectivity index (χ3n) is 3.22. The highest BCUT2D eigenvalue weighted by atomic mass is 16.5. The molecule has 0 fully saturated rings. The van der Waals surface area contributed by atoms with Gasteiger partial charge in [-0.3, -0.25) is 20.4 Å². The summed E-state index contributed by atoms with van der Waals surface area (Å²) >= 11 is 0. The Bertz CT molecular complexity index is 811. The highest BCUT2D eigenvalue weighted by molar-refractivity contribution is 5.93. The number of amides is 2. The van der Waals surface area contributed by atoms with Crippen LogP contribution in [-0.2, 0) is 11.2 Å². The Morgan fingerprint density at radius 1 is 1.08 bits per heavy atom. The molecule has 0 saturated heterocycles. The van der Waals surface area contributed by atoms with Crippen LogP contribution in [0.2, 0.25) is 0 Å². The van der Waals surface area contributed by atoms with E-state index in [2.05, 4.69) is 26.0 Å². The SMILES string of the molecule is O=C(CCc1nc(-c2ccccc2)no1)NNC(=O)c1ccc[nH]1. The van der Waals surface area contributed by atoms with Gasteiger partial charge in [0.2, 0.25) is 17.6 Å². The lowest BCUT2D eigenvalue weighted by molar-refractivity contribution is -0.121. The number of carbonyl (C=O) groups is 2. The number of aromatic nitrogens is 3. The fraction of sp³-hybridized carbons (Fsp3) is 0.125. The van der Waals surface area contributed by atoms with E-state index < -0.39 is 5.91 Å². The zero-order chi connectivity index (χ0) is 16.8. The molecular weight excluding hydrogens is 310 g/mol. The third kappa shape index (κ3) is 3.86. The molecule has 2 aromatic heterocycles. The van der Waals surface area contributed by atoms with Crippen molar-refractivity contribution in [3.05, 3.63) is 60.2 Å². The van der Waals surface area contributed by atoms with Crippen molar-refractivity contribution in [2.24, 2.45) is 0 Å². The number of hydrogen-bond donors (Lipinski definition) is 3. The molecule has 8 heteroatoms. The highest BCUT2D eigenvalue weighted by Crippen LogP contribution is 2.15. The van der Waals surface area contributed by atoms with Crippen molar-refractivity contribution in [1.29, 1.82) is 0 Å². The Morgan fingerprint density at radius 2 is 1.92 bits per heavy atom. The Labute approximate surface area is 137 Å². The molecule has 122 valence electrons. The summed E-state index contributed by atoms with van der Waals surface area (Å²) < 4.78 is 5.12. The van der Waals surface area contributed by atoms with Gasteiger partial charge in [0.25, 0.3) is 5.91 Å². The van der Waals surface area contributed by atoms with Crippen molar-refractivity contribution in [3.8, 4) is 11.4 Å². The van der Waals surface area contributed by atoms with Crippen molar-refractivity contribution in [3.63, 3.8) is 0 Å². The summed E-state index contributed by atoms with van der Waals surface area (Å²) in [5, 5.41) is 3.88. The number of H-pyrrole nitrogens is 1. The first kappa shape index (κ1) is 15.5. The average Bonchev–Trinajstić information content (AvgIpc) is 3.30. The van der Waals surface area contributed by atoms with Gasteiger partial charge in [-0.2, -0.15) is 4.98 Å². The van der Waals surface area contributed by atoms with Crippen LogP contribution in [0.5, 0.6) is 0 Å². The van der Waals surface area contributed by atoms with Crippen molar-refractivity contribution in [1.82, 2.24) is 26.0 Å². The molecule has 3 rings (SSSR count). The molecule has 0 atom stereocenters. The van der Waals surface area contributed by atoms with Crippen LogP contribution in [0, 0.1) is 0 Å². The summed E-state index contributed by atoms with van der Waals surface area (Å²) in [6.45, 7) is 0. The van der Waals surface area contributed by atoms with E-state index in [1.807, 2.05) is 30.3 Å². The molecule has 0 saturated carbocycles. The van der Waals surface area contributed by atoms with E-state index in [1.165, 1.54) is 0 Å². The fourth-order valence-corrected chi connectivity index (χ4v) is 2.01. The predicted octanol–water partition coefficient (Wildman–Crippen LogP) is 1.46. The molecule has 3 N–H and O–H groups in total. The van der Waals surface area contributed by atoms with Crippen LogP contribution in [0.1, 0.15) is 22.8 Å². The molecule has 0 aliphatic heterocycles. The lowest BCUT2D eigenvalue weighted by atomic mass is 10.2. The maximum absolute atomic E-state index is 11.7. The third-order valence-corrected chi connectivity index (χ3v) is 3.22. The van der Waals surface area contributed by atoms with Crippen molar-refractivity contribution >= 4 is 11.8 Å². The number of nitrogens with one attached hydrogen (secondary N) is 3. The highest BCUT2D eigenvalue weighted by Gasteiger charge is 2.11. The summed E-state index contributed by atoms with van der Waals surface area (Å²) in [7, 11) is 0. The van der Waals surface area contributed by atoms with Crippen LogP contribution in [0.15, 0.2) is 53.2 Å². The summed E-state index contributed by atoms with van der Waals surface area (Å²) in [4.78, 5) is 30.4. The first-order valence-corrected chi connectivity index (χ1v) is 7.33. The van der Waals surface area contributed by atoms with E-state index in [0.717, 1.165) is 5.56 Å². The molecule has 1 aromatic carbocycles. The Morgan fingerprint density at radius 3 is 2.67 bits per heavy atom.